The van der Waals surface area contributed by atoms with Gasteiger partial charge < -0.3 is 4.90 Å². The molecule has 1 unspecified atom stereocenters. The Bertz CT molecular complexity index is 1160. The first-order valence-electron chi connectivity index (χ1n) is 10.4. The van der Waals surface area contributed by atoms with Crippen LogP contribution in [0.15, 0.2) is 91.0 Å². The highest BCUT2D eigenvalue weighted by atomic mass is 32.2. The number of hydrogen-bond donors (Lipinski definition) is 0. The Hall–Kier alpha value is -3.18. The zero-order valence-electron chi connectivity index (χ0n) is 17.2. The van der Waals surface area contributed by atoms with E-state index in [1.807, 2.05) is 97.1 Å². The van der Waals surface area contributed by atoms with E-state index in [-0.39, 0.29) is 23.5 Å². The van der Waals surface area contributed by atoms with E-state index in [0.717, 1.165) is 16.7 Å². The van der Waals surface area contributed by atoms with Crippen LogP contribution in [0.25, 0.3) is 11.6 Å². The molecule has 0 saturated carbocycles. The first-order chi connectivity index (χ1) is 15.0. The van der Waals surface area contributed by atoms with Gasteiger partial charge in [-0.15, -0.1) is 0 Å². The Morgan fingerprint density at radius 1 is 0.871 bits per heavy atom. The lowest BCUT2D eigenvalue weighted by Gasteiger charge is -2.29. The minimum atomic E-state index is -3.13. The fraction of sp³-hybridized carbons (Fsp3) is 0.192. The Labute approximate surface area is 183 Å². The van der Waals surface area contributed by atoms with Crippen LogP contribution in [0.3, 0.4) is 0 Å². The van der Waals surface area contributed by atoms with Crippen molar-refractivity contribution < 1.29 is 13.2 Å². The molecule has 1 aliphatic rings. The van der Waals surface area contributed by atoms with Gasteiger partial charge >= 0.3 is 0 Å². The van der Waals surface area contributed by atoms with Crippen molar-refractivity contribution in [1.29, 1.82) is 0 Å². The average molecular weight is 432 g/mol. The summed E-state index contributed by atoms with van der Waals surface area (Å²) in [5, 5.41) is 0. The number of sulfone groups is 1. The maximum absolute atomic E-state index is 13.9. The lowest BCUT2D eigenvalue weighted by molar-refractivity contribution is -0.127. The SMILES string of the molecule is O=C(C(=Cc1ccccc1)c1ccccc1)N(Cc1ccccc1)C1CCS(=O)(=O)C1. The van der Waals surface area contributed by atoms with E-state index in [2.05, 4.69) is 0 Å². The summed E-state index contributed by atoms with van der Waals surface area (Å²) in [7, 11) is -3.13. The first kappa shape index (κ1) is 21.1. The minimum Gasteiger partial charge on any atom is -0.330 e. The standard InChI is InChI=1S/C26H25NO3S/c28-26(25(23-14-8-3-9-15-23)18-21-10-4-1-5-11-21)27(19-22-12-6-2-7-13-22)24-16-17-31(29,30)20-24/h1-15,18,24H,16-17,19-20H2. The highest BCUT2D eigenvalue weighted by Crippen LogP contribution is 2.27. The van der Waals surface area contributed by atoms with Gasteiger partial charge in [0, 0.05) is 18.2 Å². The highest BCUT2D eigenvalue weighted by molar-refractivity contribution is 7.91. The average Bonchev–Trinajstić information content (AvgIpc) is 3.16. The molecule has 31 heavy (non-hydrogen) atoms. The van der Waals surface area contributed by atoms with E-state index >= 15 is 0 Å². The van der Waals surface area contributed by atoms with Crippen LogP contribution in [-0.2, 0) is 21.2 Å². The van der Waals surface area contributed by atoms with Crippen molar-refractivity contribution in [3.8, 4) is 0 Å². The second-order valence-corrected chi connectivity index (χ2v) is 10.0. The van der Waals surface area contributed by atoms with Crippen molar-refractivity contribution >= 4 is 27.4 Å². The number of hydrogen-bond acceptors (Lipinski definition) is 3. The van der Waals surface area contributed by atoms with E-state index in [9.17, 15) is 13.2 Å². The molecule has 0 N–H and O–H groups in total. The summed E-state index contributed by atoms with van der Waals surface area (Å²) >= 11 is 0. The van der Waals surface area contributed by atoms with E-state index in [1.165, 1.54) is 0 Å². The molecule has 0 bridgehead atoms. The third kappa shape index (κ3) is 5.30. The summed E-state index contributed by atoms with van der Waals surface area (Å²) in [6.07, 6.45) is 2.35. The molecule has 158 valence electrons. The van der Waals surface area contributed by atoms with Crippen molar-refractivity contribution in [2.45, 2.75) is 19.0 Å². The van der Waals surface area contributed by atoms with E-state index in [1.54, 1.807) is 4.90 Å². The molecule has 3 aromatic carbocycles. The van der Waals surface area contributed by atoms with Gasteiger partial charge in [-0.2, -0.15) is 0 Å². The van der Waals surface area contributed by atoms with Crippen LogP contribution in [0.4, 0.5) is 0 Å². The molecular weight excluding hydrogens is 406 g/mol. The third-order valence-electron chi connectivity index (χ3n) is 5.53. The molecule has 1 atom stereocenters. The van der Waals surface area contributed by atoms with Crippen LogP contribution < -0.4 is 0 Å². The van der Waals surface area contributed by atoms with Crippen molar-refractivity contribution in [1.82, 2.24) is 4.90 Å². The molecule has 3 aromatic rings. The smallest absolute Gasteiger partial charge is 0.255 e. The molecule has 4 rings (SSSR count). The zero-order valence-corrected chi connectivity index (χ0v) is 18.0. The molecule has 0 aliphatic carbocycles. The third-order valence-corrected chi connectivity index (χ3v) is 7.28. The Morgan fingerprint density at radius 2 is 1.45 bits per heavy atom. The van der Waals surface area contributed by atoms with Crippen LogP contribution in [0.5, 0.6) is 0 Å². The second-order valence-electron chi connectivity index (χ2n) is 7.81. The first-order valence-corrected chi connectivity index (χ1v) is 12.2. The fourth-order valence-electron chi connectivity index (χ4n) is 3.92. The van der Waals surface area contributed by atoms with Crippen LogP contribution in [0.1, 0.15) is 23.1 Å². The van der Waals surface area contributed by atoms with E-state index < -0.39 is 9.84 Å². The largest absolute Gasteiger partial charge is 0.330 e. The lowest BCUT2D eigenvalue weighted by atomic mass is 10.00. The van der Waals surface area contributed by atoms with Crippen LogP contribution in [0, 0.1) is 0 Å². The van der Waals surface area contributed by atoms with Gasteiger partial charge in [-0.1, -0.05) is 91.0 Å². The molecule has 5 heteroatoms. The Kier molecular flexibility index (Phi) is 6.33. The molecule has 1 heterocycles. The maximum atomic E-state index is 13.9. The van der Waals surface area contributed by atoms with Gasteiger partial charge in [0.2, 0.25) is 0 Å². The summed E-state index contributed by atoms with van der Waals surface area (Å²) < 4.78 is 24.4. The maximum Gasteiger partial charge on any atom is 0.255 e. The summed E-state index contributed by atoms with van der Waals surface area (Å²) in [6.45, 7) is 0.374. The fourth-order valence-corrected chi connectivity index (χ4v) is 5.66. The molecule has 0 aromatic heterocycles. The second kappa shape index (κ2) is 9.31. The lowest BCUT2D eigenvalue weighted by Crippen LogP contribution is -2.41. The predicted octanol–water partition coefficient (Wildman–Crippen LogP) is 4.44. The number of amides is 1. The number of carbonyl (C=O) groups excluding carboxylic acids is 1. The Morgan fingerprint density at radius 3 is 2.03 bits per heavy atom. The molecular formula is C26H25NO3S. The number of carbonyl (C=O) groups is 1. The quantitative estimate of drug-likeness (QED) is 0.428. The van der Waals surface area contributed by atoms with Crippen molar-refractivity contribution in [3.05, 3.63) is 108 Å². The van der Waals surface area contributed by atoms with Gasteiger partial charge in [0.05, 0.1) is 11.5 Å². The topological polar surface area (TPSA) is 54.5 Å². The van der Waals surface area contributed by atoms with Crippen LogP contribution in [0.2, 0.25) is 0 Å². The van der Waals surface area contributed by atoms with Crippen molar-refractivity contribution in [2.75, 3.05) is 11.5 Å². The predicted molar refractivity (Wildman–Crippen MR) is 125 cm³/mol. The van der Waals surface area contributed by atoms with Gasteiger partial charge in [0.1, 0.15) is 0 Å². The summed E-state index contributed by atoms with van der Waals surface area (Å²) in [6, 6.07) is 28.7. The van der Waals surface area contributed by atoms with Gasteiger partial charge in [0.25, 0.3) is 5.91 Å². The summed E-state index contributed by atoms with van der Waals surface area (Å²) in [5.41, 5.74) is 3.28. The molecule has 4 nitrogen and oxygen atoms in total. The molecule has 1 fully saturated rings. The molecule has 0 spiro atoms. The molecule has 1 saturated heterocycles. The number of nitrogens with zero attached hydrogens (tertiary/aromatic N) is 1. The summed E-state index contributed by atoms with van der Waals surface area (Å²) in [4.78, 5) is 15.7. The summed E-state index contributed by atoms with van der Waals surface area (Å²) in [5.74, 6) is -0.0147. The van der Waals surface area contributed by atoms with Crippen molar-refractivity contribution in [3.63, 3.8) is 0 Å². The molecule has 0 radical (unpaired) electrons. The molecule has 1 aliphatic heterocycles. The van der Waals surface area contributed by atoms with E-state index in [4.69, 9.17) is 0 Å². The van der Waals surface area contributed by atoms with Gasteiger partial charge in [-0.25, -0.2) is 8.42 Å². The molecule has 1 amide bonds. The monoisotopic (exact) mass is 431 g/mol. The highest BCUT2D eigenvalue weighted by Gasteiger charge is 2.35. The van der Waals surface area contributed by atoms with Crippen LogP contribution in [-0.4, -0.2) is 36.8 Å². The number of rotatable bonds is 6. The van der Waals surface area contributed by atoms with Gasteiger partial charge in [-0.3, -0.25) is 4.79 Å². The normalized spacial score (nSPS) is 17.9. The van der Waals surface area contributed by atoms with Gasteiger partial charge in [0.15, 0.2) is 9.84 Å². The number of benzene rings is 3. The zero-order chi connectivity index (χ0) is 21.7. The van der Waals surface area contributed by atoms with Gasteiger partial charge in [-0.05, 0) is 29.2 Å². The van der Waals surface area contributed by atoms with Crippen LogP contribution >= 0.6 is 0 Å². The Balaban J connectivity index is 1.75. The van der Waals surface area contributed by atoms with Crippen molar-refractivity contribution in [2.24, 2.45) is 0 Å². The van der Waals surface area contributed by atoms with E-state index in [0.29, 0.717) is 18.5 Å². The minimum absolute atomic E-state index is 0.0129.